The van der Waals surface area contributed by atoms with Gasteiger partial charge in [0.25, 0.3) is 5.91 Å². The van der Waals surface area contributed by atoms with Crippen molar-refractivity contribution in [2.45, 2.75) is 6.54 Å². The van der Waals surface area contributed by atoms with E-state index in [2.05, 4.69) is 5.32 Å². The van der Waals surface area contributed by atoms with Gasteiger partial charge < -0.3 is 19.5 Å². The van der Waals surface area contributed by atoms with Crippen LogP contribution in [-0.2, 0) is 6.54 Å². The van der Waals surface area contributed by atoms with Gasteiger partial charge in [0.05, 0.1) is 12.1 Å². The Morgan fingerprint density at radius 2 is 2.04 bits per heavy atom. The molecule has 3 rings (SSSR count). The van der Waals surface area contributed by atoms with Crippen molar-refractivity contribution in [3.63, 3.8) is 0 Å². The Kier molecular flexibility index (Phi) is 4.57. The van der Waals surface area contributed by atoms with Crippen LogP contribution in [0, 0.1) is 0 Å². The van der Waals surface area contributed by atoms with Gasteiger partial charge in [0.1, 0.15) is 19.0 Å². The van der Waals surface area contributed by atoms with Crippen LogP contribution in [-0.4, -0.2) is 26.2 Å². The van der Waals surface area contributed by atoms with Crippen molar-refractivity contribution < 1.29 is 19.0 Å². The number of para-hydroxylation sites is 1. The van der Waals surface area contributed by atoms with Gasteiger partial charge in [-0.2, -0.15) is 0 Å². The number of carbonyl (C=O) groups is 1. The maximum absolute atomic E-state index is 12.3. The summed E-state index contributed by atoms with van der Waals surface area (Å²) in [7, 11) is 1.60. The highest BCUT2D eigenvalue weighted by Crippen LogP contribution is 2.38. The van der Waals surface area contributed by atoms with E-state index in [1.807, 2.05) is 24.3 Å². The van der Waals surface area contributed by atoms with Crippen LogP contribution in [0.4, 0.5) is 0 Å². The molecule has 120 valence electrons. The quantitative estimate of drug-likeness (QED) is 0.934. The largest absolute Gasteiger partial charge is 0.496 e. The van der Waals surface area contributed by atoms with Crippen LogP contribution in [0.1, 0.15) is 15.9 Å². The molecule has 0 atom stereocenters. The van der Waals surface area contributed by atoms with E-state index in [4.69, 9.17) is 25.8 Å². The molecular weight excluding hydrogens is 318 g/mol. The highest BCUT2D eigenvalue weighted by molar-refractivity contribution is 6.32. The van der Waals surface area contributed by atoms with Gasteiger partial charge in [-0.25, -0.2) is 0 Å². The number of fused-ring (bicyclic) bond motifs is 1. The predicted octanol–water partition coefficient (Wildman–Crippen LogP) is 3.05. The molecule has 1 heterocycles. The third-order valence-corrected chi connectivity index (χ3v) is 3.77. The molecule has 0 spiro atoms. The van der Waals surface area contributed by atoms with Crippen molar-refractivity contribution >= 4 is 17.5 Å². The molecule has 0 bridgehead atoms. The molecule has 1 amide bonds. The normalized spacial score (nSPS) is 12.6. The second-order valence-electron chi connectivity index (χ2n) is 4.98. The van der Waals surface area contributed by atoms with E-state index in [0.717, 1.165) is 11.3 Å². The Labute approximate surface area is 139 Å². The van der Waals surface area contributed by atoms with Gasteiger partial charge in [0.15, 0.2) is 11.5 Å². The molecule has 2 aromatic carbocycles. The molecule has 2 aromatic rings. The molecule has 5 nitrogen and oxygen atoms in total. The van der Waals surface area contributed by atoms with Gasteiger partial charge in [-0.05, 0) is 18.2 Å². The number of hydrogen-bond donors (Lipinski definition) is 1. The third-order valence-electron chi connectivity index (χ3n) is 3.49. The zero-order chi connectivity index (χ0) is 16.2. The van der Waals surface area contributed by atoms with Gasteiger partial charge in [0, 0.05) is 17.7 Å². The summed E-state index contributed by atoms with van der Waals surface area (Å²) in [4.78, 5) is 12.3. The average molecular weight is 334 g/mol. The maximum atomic E-state index is 12.3. The van der Waals surface area contributed by atoms with Crippen molar-refractivity contribution in [3.8, 4) is 17.2 Å². The maximum Gasteiger partial charge on any atom is 0.251 e. The van der Waals surface area contributed by atoms with Crippen molar-refractivity contribution in [3.05, 3.63) is 52.5 Å². The summed E-state index contributed by atoms with van der Waals surface area (Å²) < 4.78 is 16.2. The van der Waals surface area contributed by atoms with Crippen LogP contribution in [0.3, 0.4) is 0 Å². The van der Waals surface area contributed by atoms with Gasteiger partial charge in [0.2, 0.25) is 0 Å². The lowest BCUT2D eigenvalue weighted by Crippen LogP contribution is -2.24. The third kappa shape index (κ3) is 3.35. The Morgan fingerprint density at radius 1 is 1.26 bits per heavy atom. The topological polar surface area (TPSA) is 56.8 Å². The zero-order valence-electron chi connectivity index (χ0n) is 12.6. The molecule has 23 heavy (non-hydrogen) atoms. The molecule has 0 unspecified atom stereocenters. The van der Waals surface area contributed by atoms with Crippen molar-refractivity contribution in [1.82, 2.24) is 5.32 Å². The van der Waals surface area contributed by atoms with E-state index in [0.29, 0.717) is 41.8 Å². The Morgan fingerprint density at radius 3 is 2.87 bits per heavy atom. The average Bonchev–Trinajstić information content (AvgIpc) is 2.59. The van der Waals surface area contributed by atoms with E-state index in [1.165, 1.54) is 0 Å². The Balaban J connectivity index is 1.75. The molecular formula is C17H16ClNO4. The zero-order valence-corrected chi connectivity index (χ0v) is 13.4. The molecule has 1 aliphatic rings. The Bertz CT molecular complexity index is 733. The molecule has 0 radical (unpaired) electrons. The van der Waals surface area contributed by atoms with E-state index in [9.17, 15) is 4.79 Å². The molecule has 1 aliphatic heterocycles. The first-order chi connectivity index (χ1) is 11.2. The van der Waals surface area contributed by atoms with Crippen LogP contribution in [0.5, 0.6) is 17.2 Å². The van der Waals surface area contributed by atoms with Crippen LogP contribution in [0.25, 0.3) is 0 Å². The molecule has 0 aromatic heterocycles. The summed E-state index contributed by atoms with van der Waals surface area (Å²) in [5, 5.41) is 3.22. The number of halogens is 1. The van der Waals surface area contributed by atoms with Gasteiger partial charge in [-0.15, -0.1) is 0 Å². The first kappa shape index (κ1) is 15.5. The van der Waals surface area contributed by atoms with E-state index in [-0.39, 0.29) is 5.91 Å². The number of benzene rings is 2. The second-order valence-corrected chi connectivity index (χ2v) is 5.38. The van der Waals surface area contributed by atoms with Crippen LogP contribution in [0.15, 0.2) is 36.4 Å². The van der Waals surface area contributed by atoms with E-state index >= 15 is 0 Å². The summed E-state index contributed by atoms with van der Waals surface area (Å²) in [6, 6.07) is 10.7. The van der Waals surface area contributed by atoms with Gasteiger partial charge >= 0.3 is 0 Å². The lowest BCUT2D eigenvalue weighted by molar-refractivity contribution is 0.0949. The van der Waals surface area contributed by atoms with E-state index in [1.54, 1.807) is 19.2 Å². The molecule has 6 heteroatoms. The summed E-state index contributed by atoms with van der Waals surface area (Å²) in [5.41, 5.74) is 1.32. The highest BCUT2D eigenvalue weighted by Gasteiger charge is 2.19. The highest BCUT2D eigenvalue weighted by atomic mass is 35.5. The number of hydrogen-bond acceptors (Lipinski definition) is 4. The lowest BCUT2D eigenvalue weighted by atomic mass is 10.1. The fraction of sp³-hybridized carbons (Fsp3) is 0.235. The fourth-order valence-electron chi connectivity index (χ4n) is 2.37. The first-order valence-electron chi connectivity index (χ1n) is 7.18. The fourth-order valence-corrected chi connectivity index (χ4v) is 2.63. The predicted molar refractivity (Wildman–Crippen MR) is 86.6 cm³/mol. The Hall–Kier alpha value is -2.40. The number of amides is 1. The minimum Gasteiger partial charge on any atom is -0.496 e. The summed E-state index contributed by atoms with van der Waals surface area (Å²) in [6.07, 6.45) is 0. The van der Waals surface area contributed by atoms with Gasteiger partial charge in [-0.1, -0.05) is 29.8 Å². The van der Waals surface area contributed by atoms with Crippen LogP contribution < -0.4 is 19.5 Å². The monoisotopic (exact) mass is 333 g/mol. The number of carbonyl (C=O) groups excluding carboxylic acids is 1. The smallest absolute Gasteiger partial charge is 0.251 e. The standard InChI is InChI=1S/C17H16ClNO4/c1-21-14-5-3-2-4-11(14)10-19-17(20)12-8-13(18)16-15(9-12)22-6-7-23-16/h2-5,8-9H,6-7,10H2,1H3,(H,19,20). The molecule has 1 N–H and O–H groups in total. The van der Waals surface area contributed by atoms with E-state index < -0.39 is 0 Å². The van der Waals surface area contributed by atoms with Crippen LogP contribution in [0.2, 0.25) is 5.02 Å². The second kappa shape index (κ2) is 6.79. The molecule has 0 saturated carbocycles. The molecule has 0 aliphatic carbocycles. The molecule has 0 saturated heterocycles. The lowest BCUT2D eigenvalue weighted by Gasteiger charge is -2.20. The van der Waals surface area contributed by atoms with Crippen molar-refractivity contribution in [2.75, 3.05) is 20.3 Å². The summed E-state index contributed by atoms with van der Waals surface area (Å²) >= 11 is 6.15. The summed E-state index contributed by atoms with van der Waals surface area (Å²) in [6.45, 7) is 1.25. The number of rotatable bonds is 4. The minimum atomic E-state index is -0.241. The number of nitrogens with one attached hydrogen (secondary N) is 1. The number of methoxy groups -OCH3 is 1. The number of ether oxygens (including phenoxy) is 3. The first-order valence-corrected chi connectivity index (χ1v) is 7.56. The van der Waals surface area contributed by atoms with Crippen LogP contribution >= 0.6 is 11.6 Å². The SMILES string of the molecule is COc1ccccc1CNC(=O)c1cc(Cl)c2c(c1)OCCO2. The molecule has 0 fully saturated rings. The van der Waals surface area contributed by atoms with Crippen molar-refractivity contribution in [2.24, 2.45) is 0 Å². The van der Waals surface area contributed by atoms with Crippen molar-refractivity contribution in [1.29, 1.82) is 0 Å². The minimum absolute atomic E-state index is 0.241. The van der Waals surface area contributed by atoms with Gasteiger partial charge in [-0.3, -0.25) is 4.79 Å². The summed E-state index contributed by atoms with van der Waals surface area (Å²) in [5.74, 6) is 1.47.